The van der Waals surface area contributed by atoms with E-state index in [1.165, 1.54) is 30.6 Å². The molecule has 0 saturated carbocycles. The van der Waals surface area contributed by atoms with E-state index in [1.807, 2.05) is 6.92 Å². The van der Waals surface area contributed by atoms with E-state index >= 15 is 0 Å². The van der Waals surface area contributed by atoms with Gasteiger partial charge in [-0.05, 0) is 18.6 Å². The van der Waals surface area contributed by atoms with Crippen LogP contribution in [0.4, 0.5) is 19.0 Å². The van der Waals surface area contributed by atoms with Gasteiger partial charge in [-0.2, -0.15) is 0 Å². The van der Waals surface area contributed by atoms with Gasteiger partial charge in [-0.1, -0.05) is 19.1 Å². The Morgan fingerprint density at radius 1 is 1.14 bits per heavy atom. The van der Waals surface area contributed by atoms with Crippen molar-refractivity contribution < 1.29 is 17.9 Å². The molecule has 1 aromatic heterocycles. The van der Waals surface area contributed by atoms with E-state index in [2.05, 4.69) is 20.0 Å². The number of rotatable bonds is 5. The van der Waals surface area contributed by atoms with Gasteiger partial charge in [0, 0.05) is 24.5 Å². The molecule has 0 radical (unpaired) electrons. The zero-order valence-electron chi connectivity index (χ0n) is 11.3. The van der Waals surface area contributed by atoms with Crippen LogP contribution >= 0.6 is 0 Å². The molecule has 0 unspecified atom stereocenters. The van der Waals surface area contributed by atoms with Crippen molar-refractivity contribution in [2.24, 2.45) is 0 Å². The average Bonchev–Trinajstić information content (AvgIpc) is 2.44. The molecule has 2 aromatic rings. The van der Waals surface area contributed by atoms with Crippen LogP contribution in [0, 0.1) is 0 Å². The Morgan fingerprint density at radius 2 is 1.86 bits per heavy atom. The quantitative estimate of drug-likeness (QED) is 0.910. The molecule has 112 valence electrons. The molecule has 7 heteroatoms. The maximum absolute atomic E-state index is 12.5. The SMILES string of the molecule is CCCNc1nccnc1-c1ccccc1OC(F)(F)F. The van der Waals surface area contributed by atoms with Crippen molar-refractivity contribution in [2.45, 2.75) is 19.7 Å². The number of alkyl halides is 3. The second-order valence-electron chi connectivity index (χ2n) is 4.22. The zero-order valence-corrected chi connectivity index (χ0v) is 11.3. The van der Waals surface area contributed by atoms with Gasteiger partial charge in [-0.15, -0.1) is 13.2 Å². The first-order chi connectivity index (χ1) is 10.0. The van der Waals surface area contributed by atoms with Crippen molar-refractivity contribution in [3.63, 3.8) is 0 Å². The van der Waals surface area contributed by atoms with E-state index in [0.717, 1.165) is 6.42 Å². The first-order valence-corrected chi connectivity index (χ1v) is 6.41. The van der Waals surface area contributed by atoms with Gasteiger partial charge in [0.25, 0.3) is 0 Å². The molecular weight excluding hydrogens is 283 g/mol. The molecule has 1 heterocycles. The van der Waals surface area contributed by atoms with Crippen LogP contribution in [0.15, 0.2) is 36.7 Å². The van der Waals surface area contributed by atoms with Crippen molar-refractivity contribution in [3.05, 3.63) is 36.7 Å². The fourth-order valence-electron chi connectivity index (χ4n) is 1.78. The molecule has 2 rings (SSSR count). The Kier molecular flexibility index (Phi) is 4.62. The van der Waals surface area contributed by atoms with Crippen LogP contribution < -0.4 is 10.1 Å². The van der Waals surface area contributed by atoms with Gasteiger partial charge in [0.1, 0.15) is 11.4 Å². The summed E-state index contributed by atoms with van der Waals surface area (Å²) in [5.74, 6) is 0.127. The first kappa shape index (κ1) is 15.1. The standard InChI is InChI=1S/C14H14F3N3O/c1-2-7-19-13-12(18-8-9-20-13)10-5-3-4-6-11(10)21-14(15,16)17/h3-6,8-9H,2,7H2,1H3,(H,19,20). The highest BCUT2D eigenvalue weighted by molar-refractivity contribution is 5.76. The van der Waals surface area contributed by atoms with Crippen molar-refractivity contribution in [2.75, 3.05) is 11.9 Å². The first-order valence-electron chi connectivity index (χ1n) is 6.41. The average molecular weight is 297 g/mol. The molecule has 4 nitrogen and oxygen atoms in total. The molecule has 1 aromatic carbocycles. The predicted molar refractivity (Wildman–Crippen MR) is 72.9 cm³/mol. The third kappa shape index (κ3) is 4.08. The Bertz CT molecular complexity index is 602. The van der Waals surface area contributed by atoms with Crippen molar-refractivity contribution in [3.8, 4) is 17.0 Å². The summed E-state index contributed by atoms with van der Waals surface area (Å²) in [6.45, 7) is 2.62. The minimum Gasteiger partial charge on any atom is -0.405 e. The summed E-state index contributed by atoms with van der Waals surface area (Å²) in [5.41, 5.74) is 0.562. The van der Waals surface area contributed by atoms with Gasteiger partial charge in [0.05, 0.1) is 0 Å². The number of halogens is 3. The highest BCUT2D eigenvalue weighted by Crippen LogP contribution is 2.35. The Morgan fingerprint density at radius 3 is 2.57 bits per heavy atom. The highest BCUT2D eigenvalue weighted by atomic mass is 19.4. The lowest BCUT2D eigenvalue weighted by atomic mass is 10.1. The number of nitrogens with one attached hydrogen (secondary N) is 1. The van der Waals surface area contributed by atoms with Gasteiger partial charge >= 0.3 is 6.36 Å². The molecule has 0 saturated heterocycles. The number of aromatic nitrogens is 2. The van der Waals surface area contributed by atoms with Gasteiger partial charge in [-0.25, -0.2) is 4.98 Å². The van der Waals surface area contributed by atoms with Crippen molar-refractivity contribution in [1.29, 1.82) is 0 Å². The number of benzene rings is 1. The van der Waals surface area contributed by atoms with Crippen LogP contribution in [0.3, 0.4) is 0 Å². The summed E-state index contributed by atoms with van der Waals surface area (Å²) in [4.78, 5) is 8.24. The summed E-state index contributed by atoms with van der Waals surface area (Å²) in [6, 6.07) is 5.86. The van der Waals surface area contributed by atoms with Crippen LogP contribution in [-0.4, -0.2) is 22.9 Å². The molecular formula is C14H14F3N3O. The van der Waals surface area contributed by atoms with Gasteiger partial charge in [-0.3, -0.25) is 4.98 Å². The topological polar surface area (TPSA) is 47.0 Å². The monoisotopic (exact) mass is 297 g/mol. The summed E-state index contributed by atoms with van der Waals surface area (Å²) < 4.78 is 41.5. The van der Waals surface area contributed by atoms with E-state index in [4.69, 9.17) is 0 Å². The van der Waals surface area contributed by atoms with Crippen LogP contribution in [0.2, 0.25) is 0 Å². The van der Waals surface area contributed by atoms with Crippen molar-refractivity contribution in [1.82, 2.24) is 9.97 Å². The highest BCUT2D eigenvalue weighted by Gasteiger charge is 2.32. The molecule has 21 heavy (non-hydrogen) atoms. The van der Waals surface area contributed by atoms with E-state index in [1.54, 1.807) is 6.07 Å². The number of anilines is 1. The molecule has 0 aliphatic heterocycles. The minimum absolute atomic E-state index is 0.238. The Labute approximate surface area is 120 Å². The third-order valence-corrected chi connectivity index (χ3v) is 2.61. The summed E-state index contributed by atoms with van der Waals surface area (Å²) >= 11 is 0. The smallest absolute Gasteiger partial charge is 0.405 e. The van der Waals surface area contributed by atoms with Crippen LogP contribution in [0.1, 0.15) is 13.3 Å². The Balaban J connectivity index is 2.42. The fraction of sp³-hybridized carbons (Fsp3) is 0.286. The van der Waals surface area contributed by atoms with Crippen molar-refractivity contribution >= 4 is 5.82 Å². The molecule has 0 spiro atoms. The lowest BCUT2D eigenvalue weighted by Gasteiger charge is -2.14. The molecule has 0 aliphatic rings. The van der Waals surface area contributed by atoms with E-state index in [0.29, 0.717) is 18.1 Å². The van der Waals surface area contributed by atoms with Gasteiger partial charge in [0.2, 0.25) is 0 Å². The van der Waals surface area contributed by atoms with E-state index < -0.39 is 6.36 Å². The molecule has 1 N–H and O–H groups in total. The second-order valence-corrected chi connectivity index (χ2v) is 4.22. The largest absolute Gasteiger partial charge is 0.573 e. The molecule has 0 fully saturated rings. The lowest BCUT2D eigenvalue weighted by molar-refractivity contribution is -0.274. The molecule has 0 bridgehead atoms. The maximum atomic E-state index is 12.5. The summed E-state index contributed by atoms with van der Waals surface area (Å²) in [6.07, 6.45) is -0.989. The molecule has 0 aliphatic carbocycles. The number of ether oxygens (including phenoxy) is 1. The molecule has 0 atom stereocenters. The maximum Gasteiger partial charge on any atom is 0.573 e. The molecule has 0 amide bonds. The van der Waals surface area contributed by atoms with Crippen LogP contribution in [0.5, 0.6) is 5.75 Å². The minimum atomic E-state index is -4.75. The normalized spacial score (nSPS) is 11.2. The van der Waals surface area contributed by atoms with Crippen LogP contribution in [-0.2, 0) is 0 Å². The second kappa shape index (κ2) is 6.43. The third-order valence-electron chi connectivity index (χ3n) is 2.61. The number of nitrogens with zero attached hydrogens (tertiary/aromatic N) is 2. The summed E-state index contributed by atoms with van der Waals surface area (Å²) in [5, 5.41) is 3.04. The predicted octanol–water partition coefficient (Wildman–Crippen LogP) is 3.86. The van der Waals surface area contributed by atoms with E-state index in [-0.39, 0.29) is 11.3 Å². The summed E-state index contributed by atoms with van der Waals surface area (Å²) in [7, 11) is 0. The van der Waals surface area contributed by atoms with Gasteiger partial charge < -0.3 is 10.1 Å². The van der Waals surface area contributed by atoms with Crippen LogP contribution in [0.25, 0.3) is 11.3 Å². The lowest BCUT2D eigenvalue weighted by Crippen LogP contribution is -2.17. The van der Waals surface area contributed by atoms with Gasteiger partial charge in [0.15, 0.2) is 5.82 Å². The number of hydrogen-bond acceptors (Lipinski definition) is 4. The Hall–Kier alpha value is -2.31. The van der Waals surface area contributed by atoms with E-state index in [9.17, 15) is 13.2 Å². The fourth-order valence-corrected chi connectivity index (χ4v) is 1.78. The number of para-hydroxylation sites is 1. The zero-order chi connectivity index (χ0) is 15.3. The number of hydrogen-bond donors (Lipinski definition) is 1.